The quantitative estimate of drug-likeness (QED) is 0.521. The van der Waals surface area contributed by atoms with Crippen molar-refractivity contribution in [3.8, 4) is 0 Å². The number of ether oxygens (including phenoxy) is 1. The number of aromatic nitrogens is 2. The number of thiazole rings is 1. The maximum absolute atomic E-state index is 13.0. The maximum Gasteiger partial charge on any atom is 0.0832 e. The number of hydrogen-bond donors (Lipinski definition) is 1. The first kappa shape index (κ1) is 17.7. The Morgan fingerprint density at radius 2 is 1.93 bits per heavy atom. The molecule has 1 saturated heterocycles. The molecule has 0 radical (unpaired) electrons. The van der Waals surface area contributed by atoms with E-state index >= 15 is 0 Å². The van der Waals surface area contributed by atoms with Gasteiger partial charge >= 0.3 is 0 Å². The van der Waals surface area contributed by atoms with Gasteiger partial charge in [-0.05, 0) is 55.3 Å². The standard InChI is InChI=1S/C21H19N3O2S2/c25-28(15-6-9-26-10-7-15)16-2-3-18-17(12-16)19(5-8-22-18)24-14-1-4-21-20(11-14)23-13-27-21/h1-5,8,11-13,15H,6-7,9-10H2,(H,22,24). The molecule has 0 amide bonds. The summed E-state index contributed by atoms with van der Waals surface area (Å²) < 4.78 is 19.6. The van der Waals surface area contributed by atoms with Crippen molar-refractivity contribution in [1.82, 2.24) is 9.97 Å². The van der Waals surface area contributed by atoms with Gasteiger partial charge in [0.2, 0.25) is 0 Å². The minimum Gasteiger partial charge on any atom is -0.381 e. The van der Waals surface area contributed by atoms with Gasteiger partial charge in [0, 0.05) is 46.3 Å². The number of hydrogen-bond acceptors (Lipinski definition) is 6. The van der Waals surface area contributed by atoms with Crippen LogP contribution in [0.4, 0.5) is 11.4 Å². The molecule has 1 aliphatic heterocycles. The molecule has 1 unspecified atom stereocenters. The van der Waals surface area contributed by atoms with Crippen molar-refractivity contribution in [3.05, 3.63) is 54.2 Å². The van der Waals surface area contributed by atoms with Crippen molar-refractivity contribution in [2.45, 2.75) is 23.0 Å². The second kappa shape index (κ2) is 7.58. The summed E-state index contributed by atoms with van der Waals surface area (Å²) in [5.41, 5.74) is 5.64. The molecule has 7 heteroatoms. The predicted molar refractivity (Wildman–Crippen MR) is 115 cm³/mol. The van der Waals surface area contributed by atoms with E-state index in [4.69, 9.17) is 4.74 Å². The molecule has 0 spiro atoms. The van der Waals surface area contributed by atoms with E-state index in [0.29, 0.717) is 13.2 Å². The highest BCUT2D eigenvalue weighted by Crippen LogP contribution is 2.30. The van der Waals surface area contributed by atoms with Gasteiger partial charge in [-0.2, -0.15) is 0 Å². The van der Waals surface area contributed by atoms with E-state index in [1.165, 1.54) is 4.70 Å². The SMILES string of the molecule is O=S(c1ccc2nccc(Nc3ccc4scnc4c3)c2c1)C1CCOCC1. The first-order chi connectivity index (χ1) is 13.8. The van der Waals surface area contributed by atoms with E-state index in [0.717, 1.165) is 45.5 Å². The molecular weight excluding hydrogens is 390 g/mol. The lowest BCUT2D eigenvalue weighted by molar-refractivity contribution is 0.0992. The van der Waals surface area contributed by atoms with Crippen LogP contribution in [0.5, 0.6) is 0 Å². The third-order valence-corrected chi connectivity index (χ3v) is 7.63. The number of anilines is 2. The molecule has 0 saturated carbocycles. The van der Waals surface area contributed by atoms with E-state index in [-0.39, 0.29) is 5.25 Å². The number of rotatable bonds is 4. The fourth-order valence-corrected chi connectivity index (χ4v) is 5.63. The van der Waals surface area contributed by atoms with E-state index in [2.05, 4.69) is 27.4 Å². The first-order valence-corrected chi connectivity index (χ1v) is 11.3. The topological polar surface area (TPSA) is 64.1 Å². The highest BCUT2D eigenvalue weighted by Gasteiger charge is 2.22. The summed E-state index contributed by atoms with van der Waals surface area (Å²) in [6, 6.07) is 14.0. The molecule has 5 nitrogen and oxygen atoms in total. The Hall–Kier alpha value is -2.35. The zero-order valence-electron chi connectivity index (χ0n) is 15.1. The summed E-state index contributed by atoms with van der Waals surface area (Å²) in [6.45, 7) is 1.38. The van der Waals surface area contributed by atoms with Crippen LogP contribution in [0.2, 0.25) is 0 Å². The minimum absolute atomic E-state index is 0.159. The minimum atomic E-state index is -1.04. The van der Waals surface area contributed by atoms with Crippen molar-refractivity contribution in [3.63, 3.8) is 0 Å². The molecule has 1 atom stereocenters. The summed E-state index contributed by atoms with van der Waals surface area (Å²) in [4.78, 5) is 9.71. The van der Waals surface area contributed by atoms with Gasteiger partial charge in [-0.25, -0.2) is 4.98 Å². The van der Waals surface area contributed by atoms with Gasteiger partial charge in [-0.15, -0.1) is 11.3 Å². The van der Waals surface area contributed by atoms with Crippen LogP contribution >= 0.6 is 11.3 Å². The molecule has 1 fully saturated rings. The molecule has 4 aromatic rings. The van der Waals surface area contributed by atoms with Crippen LogP contribution in [0.1, 0.15) is 12.8 Å². The number of benzene rings is 2. The third-order valence-electron chi connectivity index (χ3n) is 5.03. The fraction of sp³-hybridized carbons (Fsp3) is 0.238. The van der Waals surface area contributed by atoms with Gasteiger partial charge in [-0.1, -0.05) is 0 Å². The lowest BCUT2D eigenvalue weighted by atomic mass is 10.2. The zero-order valence-corrected chi connectivity index (χ0v) is 16.8. The number of nitrogens with one attached hydrogen (secondary N) is 1. The van der Waals surface area contributed by atoms with E-state index in [1.807, 2.05) is 35.8 Å². The Balaban J connectivity index is 1.50. The van der Waals surface area contributed by atoms with Crippen LogP contribution in [0.15, 0.2) is 59.1 Å². The second-order valence-corrected chi connectivity index (χ2v) is 9.43. The third kappa shape index (κ3) is 3.41. The average molecular weight is 410 g/mol. The Morgan fingerprint density at radius 3 is 2.82 bits per heavy atom. The molecule has 2 aromatic carbocycles. The molecule has 1 N–H and O–H groups in total. The Morgan fingerprint density at radius 1 is 1.04 bits per heavy atom. The Labute approximate surface area is 169 Å². The van der Waals surface area contributed by atoms with Gasteiger partial charge in [0.05, 0.1) is 32.0 Å². The molecule has 5 rings (SSSR count). The van der Waals surface area contributed by atoms with Crippen molar-refractivity contribution < 1.29 is 8.95 Å². The normalized spacial score (nSPS) is 16.4. The van der Waals surface area contributed by atoms with E-state index in [1.54, 1.807) is 17.5 Å². The fourth-order valence-electron chi connectivity index (χ4n) is 3.53. The largest absolute Gasteiger partial charge is 0.381 e. The molecule has 0 aliphatic carbocycles. The molecule has 1 aliphatic rings. The van der Waals surface area contributed by atoms with Crippen LogP contribution in [0.25, 0.3) is 21.1 Å². The Bertz CT molecular complexity index is 1170. The second-order valence-electron chi connectivity index (χ2n) is 6.81. The zero-order chi connectivity index (χ0) is 18.9. The number of nitrogens with zero attached hydrogens (tertiary/aromatic N) is 2. The van der Waals surface area contributed by atoms with Crippen molar-refractivity contribution in [2.75, 3.05) is 18.5 Å². The maximum atomic E-state index is 13.0. The van der Waals surface area contributed by atoms with Gasteiger partial charge in [0.1, 0.15) is 0 Å². The average Bonchev–Trinajstić information content (AvgIpc) is 3.22. The summed E-state index contributed by atoms with van der Waals surface area (Å²) in [7, 11) is -1.04. The summed E-state index contributed by atoms with van der Waals surface area (Å²) in [5, 5.41) is 4.61. The number of pyridine rings is 1. The van der Waals surface area contributed by atoms with Crippen LogP contribution < -0.4 is 5.32 Å². The van der Waals surface area contributed by atoms with Gasteiger partial charge < -0.3 is 10.1 Å². The molecule has 3 heterocycles. The molecule has 0 bridgehead atoms. The van der Waals surface area contributed by atoms with Gasteiger partial charge in [-0.3, -0.25) is 9.19 Å². The van der Waals surface area contributed by atoms with Crippen LogP contribution in [-0.2, 0) is 15.5 Å². The number of fused-ring (bicyclic) bond motifs is 2. The first-order valence-electron chi connectivity index (χ1n) is 9.25. The van der Waals surface area contributed by atoms with Gasteiger partial charge in [0.25, 0.3) is 0 Å². The van der Waals surface area contributed by atoms with Crippen LogP contribution in [-0.4, -0.2) is 32.6 Å². The summed E-state index contributed by atoms with van der Waals surface area (Å²) >= 11 is 1.63. The smallest absolute Gasteiger partial charge is 0.0832 e. The van der Waals surface area contributed by atoms with Crippen LogP contribution in [0.3, 0.4) is 0 Å². The lowest BCUT2D eigenvalue weighted by Gasteiger charge is -2.21. The highest BCUT2D eigenvalue weighted by atomic mass is 32.2. The predicted octanol–water partition coefficient (Wildman–Crippen LogP) is 4.87. The van der Waals surface area contributed by atoms with Crippen LogP contribution in [0, 0.1) is 0 Å². The highest BCUT2D eigenvalue weighted by molar-refractivity contribution is 7.85. The summed E-state index contributed by atoms with van der Waals surface area (Å²) in [5.74, 6) is 0. The summed E-state index contributed by atoms with van der Waals surface area (Å²) in [6.07, 6.45) is 3.48. The molecule has 142 valence electrons. The Kier molecular flexibility index (Phi) is 4.80. The molecular formula is C21H19N3O2S2. The van der Waals surface area contributed by atoms with Crippen molar-refractivity contribution in [2.24, 2.45) is 0 Å². The van der Waals surface area contributed by atoms with E-state index < -0.39 is 10.8 Å². The van der Waals surface area contributed by atoms with Crippen molar-refractivity contribution >= 4 is 54.6 Å². The molecule has 28 heavy (non-hydrogen) atoms. The van der Waals surface area contributed by atoms with Gasteiger partial charge in [0.15, 0.2) is 0 Å². The monoisotopic (exact) mass is 409 g/mol. The van der Waals surface area contributed by atoms with Crippen molar-refractivity contribution in [1.29, 1.82) is 0 Å². The van der Waals surface area contributed by atoms with E-state index in [9.17, 15) is 4.21 Å². The molecule has 2 aromatic heterocycles. The lowest BCUT2D eigenvalue weighted by Crippen LogP contribution is -2.24.